The average molecular weight is 335 g/mol. The van der Waals surface area contributed by atoms with E-state index in [1.165, 1.54) is 6.33 Å². The lowest BCUT2D eigenvalue weighted by Crippen LogP contribution is -2.42. The minimum absolute atomic E-state index is 0.178. The van der Waals surface area contributed by atoms with E-state index in [1.807, 2.05) is 22.6 Å². The molecule has 1 aromatic rings. The number of halogens is 1. The number of rotatable bonds is 3. The van der Waals surface area contributed by atoms with Crippen LogP contribution in [-0.4, -0.2) is 22.1 Å². The van der Waals surface area contributed by atoms with Gasteiger partial charge in [0.05, 0.1) is 11.9 Å². The summed E-state index contributed by atoms with van der Waals surface area (Å²) < 4.78 is 6.01. The third kappa shape index (κ3) is 2.54. The number of hydrogen-bond acceptors (Lipinski definition) is 4. The second-order valence-electron chi connectivity index (χ2n) is 4.21. The number of H-pyrrole nitrogens is 1. The van der Waals surface area contributed by atoms with E-state index in [0.29, 0.717) is 16.1 Å². The van der Waals surface area contributed by atoms with Gasteiger partial charge in [-0.05, 0) is 35.4 Å². The minimum atomic E-state index is -0.243. The van der Waals surface area contributed by atoms with Crippen LogP contribution >= 0.6 is 22.6 Å². The molecule has 1 aromatic heterocycles. The number of ether oxygens (including phenoxy) is 1. The lowest BCUT2D eigenvalue weighted by Gasteiger charge is -2.23. The van der Waals surface area contributed by atoms with Crippen molar-refractivity contribution in [3.63, 3.8) is 0 Å². The van der Waals surface area contributed by atoms with E-state index in [-0.39, 0.29) is 11.1 Å². The molecular formula is C10H14IN3O2. The summed E-state index contributed by atoms with van der Waals surface area (Å²) in [6.45, 7) is 0.430. The van der Waals surface area contributed by atoms with Gasteiger partial charge in [0.25, 0.3) is 5.56 Å². The molecule has 2 rings (SSSR count). The van der Waals surface area contributed by atoms with Crippen molar-refractivity contribution in [2.75, 3.05) is 6.61 Å². The Morgan fingerprint density at radius 3 is 2.94 bits per heavy atom. The van der Waals surface area contributed by atoms with Crippen molar-refractivity contribution in [1.82, 2.24) is 9.97 Å². The number of nitrogens with zero attached hydrogens (tertiary/aromatic N) is 1. The zero-order valence-corrected chi connectivity index (χ0v) is 11.0. The van der Waals surface area contributed by atoms with Crippen molar-refractivity contribution in [2.24, 2.45) is 5.73 Å². The van der Waals surface area contributed by atoms with Crippen molar-refractivity contribution in [3.05, 3.63) is 20.3 Å². The summed E-state index contributed by atoms with van der Waals surface area (Å²) in [4.78, 5) is 17.8. The largest absolute Gasteiger partial charge is 0.475 e. The third-order valence-electron chi connectivity index (χ3n) is 2.86. The molecule has 0 amide bonds. The molecule has 0 radical (unpaired) electrons. The number of aromatic nitrogens is 2. The zero-order chi connectivity index (χ0) is 11.6. The molecule has 0 aromatic carbocycles. The Hall–Kier alpha value is -0.630. The standard InChI is InChI=1S/C10H14IN3O2/c11-7-8(15)13-6-14-9(7)16-5-10(12)3-1-2-4-10/h6H,1-5,12H2,(H,13,14,15). The van der Waals surface area contributed by atoms with Gasteiger partial charge in [0.1, 0.15) is 10.2 Å². The molecule has 3 N–H and O–H groups in total. The molecule has 0 bridgehead atoms. The Bertz CT molecular complexity index is 426. The van der Waals surface area contributed by atoms with Crippen molar-refractivity contribution in [3.8, 4) is 5.88 Å². The first kappa shape index (κ1) is 11.8. The Morgan fingerprint density at radius 2 is 2.25 bits per heavy atom. The second-order valence-corrected chi connectivity index (χ2v) is 5.29. The average Bonchev–Trinajstić information content (AvgIpc) is 2.68. The molecule has 1 aliphatic carbocycles. The molecule has 1 aliphatic rings. The number of aromatic amines is 1. The molecule has 0 spiro atoms. The highest BCUT2D eigenvalue weighted by Crippen LogP contribution is 2.27. The van der Waals surface area contributed by atoms with Gasteiger partial charge >= 0.3 is 0 Å². The van der Waals surface area contributed by atoms with Gasteiger partial charge < -0.3 is 15.5 Å². The summed E-state index contributed by atoms with van der Waals surface area (Å²) in [5, 5.41) is 0. The normalized spacial score (nSPS) is 18.6. The maximum absolute atomic E-state index is 11.3. The smallest absolute Gasteiger partial charge is 0.268 e. The minimum Gasteiger partial charge on any atom is -0.475 e. The maximum Gasteiger partial charge on any atom is 0.268 e. The van der Waals surface area contributed by atoms with Gasteiger partial charge in [-0.15, -0.1) is 0 Å². The van der Waals surface area contributed by atoms with Crippen molar-refractivity contribution >= 4 is 22.6 Å². The van der Waals surface area contributed by atoms with Crippen LogP contribution in [-0.2, 0) is 0 Å². The van der Waals surface area contributed by atoms with E-state index in [9.17, 15) is 4.79 Å². The van der Waals surface area contributed by atoms with Gasteiger partial charge in [0.15, 0.2) is 0 Å². The molecule has 0 saturated heterocycles. The van der Waals surface area contributed by atoms with Gasteiger partial charge in [-0.1, -0.05) is 12.8 Å². The molecule has 88 valence electrons. The van der Waals surface area contributed by atoms with Gasteiger partial charge in [-0.2, -0.15) is 0 Å². The fraction of sp³-hybridized carbons (Fsp3) is 0.600. The van der Waals surface area contributed by atoms with E-state index in [2.05, 4.69) is 9.97 Å². The highest BCUT2D eigenvalue weighted by molar-refractivity contribution is 14.1. The first-order chi connectivity index (χ1) is 7.61. The Labute approximate surface area is 107 Å². The number of nitrogens with two attached hydrogens (primary N) is 1. The van der Waals surface area contributed by atoms with Crippen LogP contribution in [0.15, 0.2) is 11.1 Å². The summed E-state index contributed by atoms with van der Waals surface area (Å²) in [5.74, 6) is 0.376. The SMILES string of the molecule is NC1(COc2nc[nH]c(=O)c2I)CCCC1. The lowest BCUT2D eigenvalue weighted by molar-refractivity contribution is 0.211. The van der Waals surface area contributed by atoms with Crippen LogP contribution in [0.2, 0.25) is 0 Å². The van der Waals surface area contributed by atoms with Gasteiger partial charge in [0, 0.05) is 0 Å². The van der Waals surface area contributed by atoms with Crippen LogP contribution in [0.1, 0.15) is 25.7 Å². The van der Waals surface area contributed by atoms with Crippen LogP contribution in [0.4, 0.5) is 0 Å². The summed E-state index contributed by atoms with van der Waals surface area (Å²) in [6, 6.07) is 0. The van der Waals surface area contributed by atoms with Crippen molar-refractivity contribution in [2.45, 2.75) is 31.2 Å². The Balaban J connectivity index is 2.04. The maximum atomic E-state index is 11.3. The molecule has 0 aliphatic heterocycles. The molecule has 0 atom stereocenters. The van der Waals surface area contributed by atoms with Crippen LogP contribution in [0.5, 0.6) is 5.88 Å². The van der Waals surface area contributed by atoms with Crippen molar-refractivity contribution in [1.29, 1.82) is 0 Å². The van der Waals surface area contributed by atoms with Gasteiger partial charge in [-0.3, -0.25) is 4.79 Å². The summed E-state index contributed by atoms with van der Waals surface area (Å²) in [6.07, 6.45) is 5.61. The first-order valence-corrected chi connectivity index (χ1v) is 6.33. The molecule has 16 heavy (non-hydrogen) atoms. The Kier molecular flexibility index (Phi) is 3.48. The molecule has 1 saturated carbocycles. The van der Waals surface area contributed by atoms with Gasteiger partial charge in [-0.25, -0.2) is 4.98 Å². The molecule has 1 heterocycles. The highest BCUT2D eigenvalue weighted by Gasteiger charge is 2.30. The fourth-order valence-electron chi connectivity index (χ4n) is 1.90. The highest BCUT2D eigenvalue weighted by atomic mass is 127. The molecule has 0 unspecified atom stereocenters. The summed E-state index contributed by atoms with van der Waals surface area (Å²) in [5.41, 5.74) is 5.73. The molecular weight excluding hydrogens is 321 g/mol. The first-order valence-electron chi connectivity index (χ1n) is 5.26. The molecule has 1 fully saturated rings. The fourth-order valence-corrected chi connectivity index (χ4v) is 2.35. The van der Waals surface area contributed by atoms with Gasteiger partial charge in [0.2, 0.25) is 5.88 Å². The number of nitrogens with one attached hydrogen (secondary N) is 1. The predicted molar refractivity (Wildman–Crippen MR) is 68.5 cm³/mol. The van der Waals surface area contributed by atoms with E-state index in [1.54, 1.807) is 0 Å². The molecule has 6 heteroatoms. The molecule has 5 nitrogen and oxygen atoms in total. The zero-order valence-electron chi connectivity index (χ0n) is 8.83. The van der Waals surface area contributed by atoms with Crippen LogP contribution in [0.3, 0.4) is 0 Å². The third-order valence-corrected chi connectivity index (χ3v) is 3.81. The monoisotopic (exact) mass is 335 g/mol. The van der Waals surface area contributed by atoms with E-state index in [0.717, 1.165) is 25.7 Å². The summed E-state index contributed by atoms with van der Waals surface area (Å²) in [7, 11) is 0. The lowest BCUT2D eigenvalue weighted by atomic mass is 10.0. The topological polar surface area (TPSA) is 81.0 Å². The second kappa shape index (κ2) is 4.70. The summed E-state index contributed by atoms with van der Waals surface area (Å²) >= 11 is 1.92. The predicted octanol–water partition coefficient (Wildman–Crippen LogP) is 1.02. The van der Waals surface area contributed by atoms with E-state index in [4.69, 9.17) is 10.5 Å². The van der Waals surface area contributed by atoms with Crippen molar-refractivity contribution < 1.29 is 4.74 Å². The quantitative estimate of drug-likeness (QED) is 0.809. The van der Waals surface area contributed by atoms with Crippen LogP contribution in [0.25, 0.3) is 0 Å². The van der Waals surface area contributed by atoms with E-state index >= 15 is 0 Å². The number of hydrogen-bond donors (Lipinski definition) is 2. The van der Waals surface area contributed by atoms with Crippen LogP contribution < -0.4 is 16.0 Å². The van der Waals surface area contributed by atoms with Crippen LogP contribution in [0, 0.1) is 3.57 Å². The van der Waals surface area contributed by atoms with E-state index < -0.39 is 0 Å². The Morgan fingerprint density at radius 1 is 1.56 bits per heavy atom.